The zero-order chi connectivity index (χ0) is 38.4. The summed E-state index contributed by atoms with van der Waals surface area (Å²) in [4.78, 5) is 15.8. The fourth-order valence-corrected chi connectivity index (χ4v) is 8.41. The quantitative estimate of drug-likeness (QED) is 0.160. The largest absolute Gasteiger partial charge is 0.247 e. The van der Waals surface area contributed by atoms with Crippen LogP contribution in [0, 0.1) is 0 Å². The Morgan fingerprint density at radius 3 is 1.16 bits per heavy atom. The maximum absolute atomic E-state index is 5.37. The lowest BCUT2D eigenvalue weighted by molar-refractivity contribution is 1.18. The highest BCUT2D eigenvalue weighted by Crippen LogP contribution is 2.43. The van der Waals surface area contributed by atoms with Crippen molar-refractivity contribution in [3.8, 4) is 67.4 Å². The van der Waals surface area contributed by atoms with Crippen molar-refractivity contribution in [2.45, 2.75) is 0 Å². The molecule has 58 heavy (non-hydrogen) atoms. The molecule has 3 nitrogen and oxygen atoms in total. The average Bonchev–Trinajstić information content (AvgIpc) is 3.32. The Labute approximate surface area is 336 Å². The number of hydrogen-bond donors (Lipinski definition) is 0. The summed E-state index contributed by atoms with van der Waals surface area (Å²) in [6.07, 6.45) is 0. The van der Waals surface area contributed by atoms with Gasteiger partial charge in [0.15, 0.2) is 5.82 Å². The molecule has 11 aromatic rings. The second-order valence-electron chi connectivity index (χ2n) is 14.7. The van der Waals surface area contributed by atoms with Gasteiger partial charge in [-0.15, -0.1) is 0 Å². The molecular weight excluding hydrogens is 703 g/mol. The number of aromatic nitrogens is 3. The highest BCUT2D eigenvalue weighted by molar-refractivity contribution is 6.33. The first-order valence-corrected chi connectivity index (χ1v) is 19.7. The number of rotatable bonds is 6. The minimum atomic E-state index is 0.672. The monoisotopic (exact) mass is 737 g/mol. The highest BCUT2D eigenvalue weighted by atomic mass is 14.9. The minimum absolute atomic E-state index is 0.672. The average molecular weight is 738 g/mol. The topological polar surface area (TPSA) is 38.7 Å². The van der Waals surface area contributed by atoms with Gasteiger partial charge in [0.2, 0.25) is 0 Å². The number of hydrogen-bond acceptors (Lipinski definition) is 3. The zero-order valence-corrected chi connectivity index (χ0v) is 31.5. The fourth-order valence-electron chi connectivity index (χ4n) is 8.41. The Kier molecular flexibility index (Phi) is 8.15. The molecule has 2 aromatic heterocycles. The Bertz CT molecular complexity index is 3180. The normalized spacial score (nSPS) is 11.4. The van der Waals surface area contributed by atoms with Crippen LogP contribution in [0.25, 0.3) is 111 Å². The van der Waals surface area contributed by atoms with Crippen LogP contribution in [0.2, 0.25) is 0 Å². The Morgan fingerprint density at radius 1 is 0.241 bits per heavy atom. The van der Waals surface area contributed by atoms with Crippen molar-refractivity contribution in [2.24, 2.45) is 0 Å². The summed E-state index contributed by atoms with van der Waals surface area (Å²) in [6, 6.07) is 75.0. The van der Waals surface area contributed by atoms with Crippen molar-refractivity contribution in [2.75, 3.05) is 0 Å². The summed E-state index contributed by atoms with van der Waals surface area (Å²) in [5.74, 6) is 0.672. The van der Waals surface area contributed by atoms with Crippen LogP contribution in [0.5, 0.6) is 0 Å². The van der Waals surface area contributed by atoms with Crippen molar-refractivity contribution in [1.82, 2.24) is 15.0 Å². The van der Waals surface area contributed by atoms with Gasteiger partial charge in [0.1, 0.15) is 0 Å². The Morgan fingerprint density at radius 2 is 0.621 bits per heavy atom. The first-order chi connectivity index (χ1) is 28.7. The molecule has 3 heteroatoms. The number of para-hydroxylation sites is 1. The third kappa shape index (κ3) is 5.89. The summed E-state index contributed by atoms with van der Waals surface area (Å²) in [7, 11) is 0. The van der Waals surface area contributed by atoms with Crippen LogP contribution < -0.4 is 0 Å². The molecule has 0 saturated heterocycles. The second-order valence-corrected chi connectivity index (χ2v) is 14.7. The zero-order valence-electron chi connectivity index (χ0n) is 31.5. The van der Waals surface area contributed by atoms with Crippen LogP contribution in [0.15, 0.2) is 212 Å². The summed E-state index contributed by atoms with van der Waals surface area (Å²) in [5.41, 5.74) is 12.5. The third-order valence-electron chi connectivity index (χ3n) is 11.3. The Hall–Kier alpha value is -7.75. The SMILES string of the molecule is c1ccc(-c2ccc(-c3cc(-c4ccc(-c5ccccc5)cc4)nc(-c4ccc(-c5nc6ccccc6c6c7ccccc7c7ccccc7c56)cc4)n3)cc2)cc1. The smallest absolute Gasteiger partial charge is 0.160 e. The molecular formula is C55H35N3. The highest BCUT2D eigenvalue weighted by Gasteiger charge is 2.18. The lowest BCUT2D eigenvalue weighted by atomic mass is 9.90. The molecule has 270 valence electrons. The predicted molar refractivity (Wildman–Crippen MR) is 242 cm³/mol. The van der Waals surface area contributed by atoms with Gasteiger partial charge in [-0.25, -0.2) is 15.0 Å². The first kappa shape index (κ1) is 33.6. The number of fused-ring (bicyclic) bond motifs is 8. The molecule has 0 aliphatic heterocycles. The van der Waals surface area contributed by atoms with E-state index in [2.05, 4.69) is 200 Å². The maximum atomic E-state index is 5.37. The number of pyridine rings is 1. The summed E-state index contributed by atoms with van der Waals surface area (Å²) < 4.78 is 0. The molecule has 11 rings (SSSR count). The fraction of sp³-hybridized carbons (Fsp3) is 0. The van der Waals surface area contributed by atoms with E-state index in [0.717, 1.165) is 50.2 Å². The molecule has 0 bridgehead atoms. The van der Waals surface area contributed by atoms with E-state index < -0.39 is 0 Å². The number of nitrogens with zero attached hydrogens (tertiary/aromatic N) is 3. The van der Waals surface area contributed by atoms with Gasteiger partial charge in [-0.3, -0.25) is 0 Å². The van der Waals surface area contributed by atoms with Crippen molar-refractivity contribution in [3.63, 3.8) is 0 Å². The molecule has 2 heterocycles. The second kappa shape index (κ2) is 14.1. The van der Waals surface area contributed by atoms with Crippen molar-refractivity contribution in [3.05, 3.63) is 212 Å². The van der Waals surface area contributed by atoms with Crippen molar-refractivity contribution in [1.29, 1.82) is 0 Å². The molecule has 0 atom stereocenters. The standard InChI is InChI=1S/C55H35N3/c1-3-13-36(14-4-1)38-23-27-40(28-24-38)50-35-51(41-29-25-39(26-30-41)37-15-5-2-6-16-37)58-55(57-50)43-33-31-42(32-34-43)54-53-47-20-10-8-18-45(47)44-17-7-9-19-46(44)52(53)48-21-11-12-22-49(48)56-54/h1-35H. The maximum Gasteiger partial charge on any atom is 0.160 e. The van der Waals surface area contributed by atoms with Crippen molar-refractivity contribution < 1.29 is 0 Å². The molecule has 0 amide bonds. The molecule has 0 unspecified atom stereocenters. The van der Waals surface area contributed by atoms with Gasteiger partial charge in [0, 0.05) is 38.4 Å². The molecule has 9 aromatic carbocycles. The van der Waals surface area contributed by atoms with Crippen LogP contribution in [-0.4, -0.2) is 15.0 Å². The summed E-state index contributed by atoms with van der Waals surface area (Å²) in [6.45, 7) is 0. The van der Waals surface area contributed by atoms with E-state index in [1.165, 1.54) is 54.6 Å². The van der Waals surface area contributed by atoms with Gasteiger partial charge in [-0.1, -0.05) is 200 Å². The summed E-state index contributed by atoms with van der Waals surface area (Å²) in [5, 5.41) is 8.47. The molecule has 0 saturated carbocycles. The van der Waals surface area contributed by atoms with E-state index in [4.69, 9.17) is 15.0 Å². The van der Waals surface area contributed by atoms with E-state index in [1.54, 1.807) is 0 Å². The minimum Gasteiger partial charge on any atom is -0.247 e. The molecule has 0 N–H and O–H groups in total. The molecule has 0 spiro atoms. The first-order valence-electron chi connectivity index (χ1n) is 19.7. The molecule has 0 radical (unpaired) electrons. The van der Waals surface area contributed by atoms with Gasteiger partial charge in [-0.2, -0.15) is 0 Å². The van der Waals surface area contributed by atoms with Gasteiger partial charge in [-0.05, 0) is 55.9 Å². The van der Waals surface area contributed by atoms with E-state index >= 15 is 0 Å². The predicted octanol–water partition coefficient (Wildman–Crippen LogP) is 14.5. The molecule has 0 fully saturated rings. The van der Waals surface area contributed by atoms with E-state index in [1.807, 2.05) is 12.1 Å². The van der Waals surface area contributed by atoms with Gasteiger partial charge < -0.3 is 0 Å². The van der Waals surface area contributed by atoms with Gasteiger partial charge in [0.25, 0.3) is 0 Å². The van der Waals surface area contributed by atoms with Crippen LogP contribution in [0.3, 0.4) is 0 Å². The van der Waals surface area contributed by atoms with Gasteiger partial charge in [0.05, 0.1) is 22.6 Å². The lowest BCUT2D eigenvalue weighted by Gasteiger charge is -2.16. The van der Waals surface area contributed by atoms with Crippen LogP contribution in [0.1, 0.15) is 0 Å². The molecule has 0 aliphatic carbocycles. The van der Waals surface area contributed by atoms with E-state index in [9.17, 15) is 0 Å². The van der Waals surface area contributed by atoms with Crippen LogP contribution in [0.4, 0.5) is 0 Å². The lowest BCUT2D eigenvalue weighted by Crippen LogP contribution is -1.96. The Balaban J connectivity index is 1.05. The summed E-state index contributed by atoms with van der Waals surface area (Å²) >= 11 is 0. The van der Waals surface area contributed by atoms with Crippen LogP contribution >= 0.6 is 0 Å². The molecule has 0 aliphatic rings. The van der Waals surface area contributed by atoms with E-state index in [0.29, 0.717) is 5.82 Å². The third-order valence-corrected chi connectivity index (χ3v) is 11.3. The van der Waals surface area contributed by atoms with E-state index in [-0.39, 0.29) is 0 Å². The van der Waals surface area contributed by atoms with Crippen molar-refractivity contribution >= 4 is 43.2 Å². The van der Waals surface area contributed by atoms with Gasteiger partial charge >= 0.3 is 0 Å². The van der Waals surface area contributed by atoms with Crippen LogP contribution in [-0.2, 0) is 0 Å². The number of benzene rings is 9.